The smallest absolute Gasteiger partial charge is 0.251 e. The molecule has 21 heavy (non-hydrogen) atoms. The molecular weight excluding hydrogens is 264 g/mol. The number of carbonyl (C=O) groups excluding carboxylic acids is 1. The van der Waals surface area contributed by atoms with E-state index < -0.39 is 0 Å². The number of aliphatic hydroxyl groups excluding tert-OH is 1. The summed E-state index contributed by atoms with van der Waals surface area (Å²) in [4.78, 5) is 12.3. The van der Waals surface area contributed by atoms with Crippen LogP contribution in [0.4, 0.5) is 0 Å². The topological polar surface area (TPSA) is 61.4 Å². The van der Waals surface area contributed by atoms with E-state index in [1.54, 1.807) is 0 Å². The van der Waals surface area contributed by atoms with E-state index in [1.807, 2.05) is 12.1 Å². The van der Waals surface area contributed by atoms with E-state index in [2.05, 4.69) is 16.7 Å². The summed E-state index contributed by atoms with van der Waals surface area (Å²) in [6.45, 7) is 2.54. The Labute approximate surface area is 125 Å². The van der Waals surface area contributed by atoms with E-state index in [0.717, 1.165) is 50.8 Å². The molecule has 0 spiro atoms. The summed E-state index contributed by atoms with van der Waals surface area (Å²) in [6.07, 6.45) is 4.74. The van der Waals surface area contributed by atoms with Crippen molar-refractivity contribution in [3.63, 3.8) is 0 Å². The first kappa shape index (κ1) is 14.5. The normalized spacial score (nSPS) is 25.2. The fraction of sp³-hybridized carbons (Fsp3) is 0.588. The SMILES string of the molecule is O=C(NCC1CCCC(O)C1)c1ccc2c(c1)CNCC2. The molecule has 2 unspecified atom stereocenters. The van der Waals surface area contributed by atoms with Crippen LogP contribution in [0.15, 0.2) is 18.2 Å². The van der Waals surface area contributed by atoms with Crippen molar-refractivity contribution in [2.24, 2.45) is 5.92 Å². The molecule has 1 aromatic rings. The van der Waals surface area contributed by atoms with Crippen LogP contribution >= 0.6 is 0 Å². The Kier molecular flexibility index (Phi) is 4.56. The van der Waals surface area contributed by atoms with Gasteiger partial charge < -0.3 is 15.7 Å². The van der Waals surface area contributed by atoms with Crippen molar-refractivity contribution in [1.82, 2.24) is 10.6 Å². The summed E-state index contributed by atoms with van der Waals surface area (Å²) in [5.74, 6) is 0.417. The van der Waals surface area contributed by atoms with Gasteiger partial charge in [0, 0.05) is 18.7 Å². The number of benzene rings is 1. The van der Waals surface area contributed by atoms with Gasteiger partial charge in [-0.25, -0.2) is 0 Å². The first-order chi connectivity index (χ1) is 10.2. The fourth-order valence-electron chi connectivity index (χ4n) is 3.41. The van der Waals surface area contributed by atoms with Crippen molar-refractivity contribution < 1.29 is 9.90 Å². The molecule has 1 fully saturated rings. The maximum atomic E-state index is 12.3. The molecule has 2 aliphatic rings. The summed E-state index contributed by atoms with van der Waals surface area (Å²) >= 11 is 0. The van der Waals surface area contributed by atoms with Crippen LogP contribution in [0.25, 0.3) is 0 Å². The number of rotatable bonds is 3. The second kappa shape index (κ2) is 6.58. The molecule has 0 bridgehead atoms. The predicted molar refractivity (Wildman–Crippen MR) is 82.2 cm³/mol. The van der Waals surface area contributed by atoms with Crippen molar-refractivity contribution in [2.45, 2.75) is 44.8 Å². The lowest BCUT2D eigenvalue weighted by Gasteiger charge is -2.26. The van der Waals surface area contributed by atoms with Gasteiger partial charge in [-0.1, -0.05) is 12.5 Å². The van der Waals surface area contributed by atoms with Crippen LogP contribution in [0.5, 0.6) is 0 Å². The molecule has 3 rings (SSSR count). The van der Waals surface area contributed by atoms with Crippen molar-refractivity contribution in [2.75, 3.05) is 13.1 Å². The van der Waals surface area contributed by atoms with Gasteiger partial charge in [0.15, 0.2) is 0 Å². The summed E-state index contributed by atoms with van der Waals surface area (Å²) in [5.41, 5.74) is 3.33. The third kappa shape index (κ3) is 3.63. The number of carbonyl (C=O) groups is 1. The lowest BCUT2D eigenvalue weighted by molar-refractivity contribution is 0.0873. The van der Waals surface area contributed by atoms with Gasteiger partial charge in [-0.05, 0) is 61.4 Å². The van der Waals surface area contributed by atoms with Gasteiger partial charge in [-0.3, -0.25) is 4.79 Å². The zero-order valence-electron chi connectivity index (χ0n) is 12.4. The van der Waals surface area contributed by atoms with E-state index in [9.17, 15) is 9.90 Å². The van der Waals surface area contributed by atoms with E-state index in [4.69, 9.17) is 0 Å². The van der Waals surface area contributed by atoms with E-state index in [-0.39, 0.29) is 12.0 Å². The number of nitrogens with one attached hydrogen (secondary N) is 2. The van der Waals surface area contributed by atoms with Crippen molar-refractivity contribution >= 4 is 5.91 Å². The highest BCUT2D eigenvalue weighted by molar-refractivity contribution is 5.94. The third-order valence-corrected chi connectivity index (χ3v) is 4.66. The predicted octanol–water partition coefficient (Wildman–Crippen LogP) is 1.61. The van der Waals surface area contributed by atoms with Crippen LogP contribution in [-0.4, -0.2) is 30.2 Å². The Hall–Kier alpha value is -1.39. The molecule has 1 amide bonds. The van der Waals surface area contributed by atoms with Crippen LogP contribution < -0.4 is 10.6 Å². The lowest BCUT2D eigenvalue weighted by Crippen LogP contribution is -2.33. The summed E-state index contributed by atoms with van der Waals surface area (Å²) < 4.78 is 0. The van der Waals surface area contributed by atoms with Crippen LogP contribution in [0.2, 0.25) is 0 Å². The first-order valence-corrected chi connectivity index (χ1v) is 8.01. The van der Waals surface area contributed by atoms with Crippen LogP contribution in [0.3, 0.4) is 0 Å². The number of aliphatic hydroxyl groups is 1. The Morgan fingerprint density at radius 2 is 2.24 bits per heavy atom. The minimum Gasteiger partial charge on any atom is -0.393 e. The van der Waals surface area contributed by atoms with Gasteiger partial charge in [-0.2, -0.15) is 0 Å². The number of amides is 1. The molecule has 1 saturated carbocycles. The monoisotopic (exact) mass is 288 g/mol. The van der Waals surface area contributed by atoms with Gasteiger partial charge in [0.25, 0.3) is 5.91 Å². The summed E-state index contributed by atoms with van der Waals surface area (Å²) in [7, 11) is 0. The molecule has 0 radical (unpaired) electrons. The molecule has 1 aliphatic heterocycles. The molecule has 2 atom stereocenters. The summed E-state index contributed by atoms with van der Waals surface area (Å²) in [6, 6.07) is 6.01. The van der Waals surface area contributed by atoms with Gasteiger partial charge in [0.2, 0.25) is 0 Å². The fourth-order valence-corrected chi connectivity index (χ4v) is 3.41. The Morgan fingerprint density at radius 3 is 3.10 bits per heavy atom. The molecule has 3 N–H and O–H groups in total. The molecule has 114 valence electrons. The molecule has 1 aromatic carbocycles. The zero-order valence-corrected chi connectivity index (χ0v) is 12.4. The molecule has 4 heteroatoms. The van der Waals surface area contributed by atoms with Crippen molar-refractivity contribution in [3.05, 3.63) is 34.9 Å². The Bertz CT molecular complexity index is 516. The number of hydrogen-bond acceptors (Lipinski definition) is 3. The van der Waals surface area contributed by atoms with Crippen LogP contribution in [0, 0.1) is 5.92 Å². The van der Waals surface area contributed by atoms with Gasteiger partial charge in [0.05, 0.1) is 6.10 Å². The zero-order chi connectivity index (χ0) is 14.7. The van der Waals surface area contributed by atoms with Gasteiger partial charge >= 0.3 is 0 Å². The van der Waals surface area contributed by atoms with Gasteiger partial charge in [-0.15, -0.1) is 0 Å². The number of fused-ring (bicyclic) bond motifs is 1. The largest absolute Gasteiger partial charge is 0.393 e. The lowest BCUT2D eigenvalue weighted by atomic mass is 9.87. The minimum atomic E-state index is -0.185. The van der Waals surface area contributed by atoms with Crippen LogP contribution in [0.1, 0.15) is 47.2 Å². The highest BCUT2D eigenvalue weighted by Gasteiger charge is 2.21. The summed E-state index contributed by atoms with van der Waals surface area (Å²) in [5, 5.41) is 16.0. The maximum Gasteiger partial charge on any atom is 0.251 e. The molecule has 4 nitrogen and oxygen atoms in total. The Balaban J connectivity index is 1.57. The molecule has 1 aliphatic carbocycles. The highest BCUT2D eigenvalue weighted by atomic mass is 16.3. The maximum absolute atomic E-state index is 12.3. The quantitative estimate of drug-likeness (QED) is 0.792. The van der Waals surface area contributed by atoms with E-state index in [1.165, 1.54) is 11.1 Å². The second-order valence-corrected chi connectivity index (χ2v) is 6.31. The Morgan fingerprint density at radius 1 is 1.33 bits per heavy atom. The minimum absolute atomic E-state index is 0.00318. The number of hydrogen-bond donors (Lipinski definition) is 3. The van der Waals surface area contributed by atoms with Gasteiger partial charge in [0.1, 0.15) is 0 Å². The van der Waals surface area contributed by atoms with E-state index in [0.29, 0.717) is 12.5 Å². The van der Waals surface area contributed by atoms with E-state index >= 15 is 0 Å². The third-order valence-electron chi connectivity index (χ3n) is 4.66. The highest BCUT2D eigenvalue weighted by Crippen LogP contribution is 2.23. The average molecular weight is 288 g/mol. The van der Waals surface area contributed by atoms with Crippen molar-refractivity contribution in [3.8, 4) is 0 Å². The average Bonchev–Trinajstić information content (AvgIpc) is 2.52. The standard InChI is InChI=1S/C17H24N2O2/c20-16-3-1-2-12(8-16)10-19-17(21)14-5-4-13-6-7-18-11-15(13)9-14/h4-5,9,12,16,18,20H,1-3,6-8,10-11H2,(H,19,21). The molecule has 1 heterocycles. The van der Waals surface area contributed by atoms with Crippen LogP contribution in [-0.2, 0) is 13.0 Å². The molecular formula is C17H24N2O2. The second-order valence-electron chi connectivity index (χ2n) is 6.31. The molecule has 0 saturated heterocycles. The molecule has 0 aromatic heterocycles. The van der Waals surface area contributed by atoms with Crippen molar-refractivity contribution in [1.29, 1.82) is 0 Å². The first-order valence-electron chi connectivity index (χ1n) is 8.01.